The molecule has 0 spiro atoms. The van der Waals surface area contributed by atoms with Gasteiger partial charge in [0.25, 0.3) is 0 Å². The molecule has 0 heterocycles. The van der Waals surface area contributed by atoms with E-state index in [1.54, 1.807) is 7.11 Å². The zero-order valence-electron chi connectivity index (χ0n) is 10.7. The Kier molecular flexibility index (Phi) is 5.63. The SMILES string of the molecule is COCCOCCNC1CCc2cc(Br)ccc21. The van der Waals surface area contributed by atoms with E-state index in [-0.39, 0.29) is 0 Å². The molecule has 1 N–H and O–H groups in total. The molecule has 1 aromatic rings. The van der Waals surface area contributed by atoms with Crippen molar-refractivity contribution in [2.75, 3.05) is 33.5 Å². The van der Waals surface area contributed by atoms with Crippen LogP contribution in [0.1, 0.15) is 23.6 Å². The molecule has 100 valence electrons. The average Bonchev–Trinajstić information content (AvgIpc) is 2.76. The van der Waals surface area contributed by atoms with Crippen LogP contribution in [-0.2, 0) is 15.9 Å². The van der Waals surface area contributed by atoms with Gasteiger partial charge in [0.05, 0.1) is 19.8 Å². The summed E-state index contributed by atoms with van der Waals surface area (Å²) in [5.41, 5.74) is 2.90. The molecule has 1 aliphatic rings. The minimum absolute atomic E-state index is 0.485. The lowest BCUT2D eigenvalue weighted by atomic mass is 10.1. The van der Waals surface area contributed by atoms with Crippen molar-refractivity contribution in [3.05, 3.63) is 33.8 Å². The molecule has 3 nitrogen and oxygen atoms in total. The highest BCUT2D eigenvalue weighted by Crippen LogP contribution is 2.32. The summed E-state index contributed by atoms with van der Waals surface area (Å²) in [7, 11) is 1.69. The zero-order chi connectivity index (χ0) is 12.8. The quantitative estimate of drug-likeness (QED) is 0.785. The van der Waals surface area contributed by atoms with Crippen molar-refractivity contribution in [2.45, 2.75) is 18.9 Å². The number of hydrogen-bond donors (Lipinski definition) is 1. The summed E-state index contributed by atoms with van der Waals surface area (Å²) in [4.78, 5) is 0. The molecule has 0 aromatic heterocycles. The molecular formula is C14H20BrNO2. The van der Waals surface area contributed by atoms with Crippen LogP contribution in [0.4, 0.5) is 0 Å². The molecule has 2 rings (SSSR count). The minimum Gasteiger partial charge on any atom is -0.382 e. The molecule has 1 unspecified atom stereocenters. The average molecular weight is 314 g/mol. The highest BCUT2D eigenvalue weighted by molar-refractivity contribution is 9.10. The van der Waals surface area contributed by atoms with E-state index in [1.165, 1.54) is 22.0 Å². The van der Waals surface area contributed by atoms with E-state index < -0.39 is 0 Å². The molecule has 4 heteroatoms. The van der Waals surface area contributed by atoms with Gasteiger partial charge in [0, 0.05) is 24.2 Å². The first-order valence-electron chi connectivity index (χ1n) is 6.39. The summed E-state index contributed by atoms with van der Waals surface area (Å²) in [6.45, 7) is 2.97. The molecule has 0 saturated heterocycles. The highest BCUT2D eigenvalue weighted by Gasteiger charge is 2.21. The van der Waals surface area contributed by atoms with Gasteiger partial charge in [-0.25, -0.2) is 0 Å². The van der Waals surface area contributed by atoms with E-state index >= 15 is 0 Å². The summed E-state index contributed by atoms with van der Waals surface area (Å²) in [6, 6.07) is 7.05. The molecule has 0 aliphatic heterocycles. The molecule has 1 aliphatic carbocycles. The van der Waals surface area contributed by atoms with Crippen molar-refractivity contribution in [1.29, 1.82) is 0 Å². The fraction of sp³-hybridized carbons (Fsp3) is 0.571. The Hall–Kier alpha value is -0.420. The first kappa shape index (κ1) is 14.0. The predicted molar refractivity (Wildman–Crippen MR) is 75.9 cm³/mol. The first-order chi connectivity index (χ1) is 8.81. The van der Waals surface area contributed by atoms with E-state index in [1.807, 2.05) is 0 Å². The lowest BCUT2D eigenvalue weighted by Gasteiger charge is -2.14. The van der Waals surface area contributed by atoms with Gasteiger partial charge in [0.1, 0.15) is 0 Å². The maximum absolute atomic E-state index is 5.45. The molecule has 18 heavy (non-hydrogen) atoms. The van der Waals surface area contributed by atoms with Crippen LogP contribution in [0.2, 0.25) is 0 Å². The Balaban J connectivity index is 1.73. The summed E-state index contributed by atoms with van der Waals surface area (Å²) >= 11 is 3.52. The van der Waals surface area contributed by atoms with Gasteiger partial charge in [-0.1, -0.05) is 22.0 Å². The van der Waals surface area contributed by atoms with Crippen molar-refractivity contribution in [2.24, 2.45) is 0 Å². The lowest BCUT2D eigenvalue weighted by molar-refractivity contribution is 0.0710. The van der Waals surface area contributed by atoms with Crippen LogP contribution in [0.15, 0.2) is 22.7 Å². The van der Waals surface area contributed by atoms with Crippen molar-refractivity contribution in [3.8, 4) is 0 Å². The number of ether oxygens (including phenoxy) is 2. The van der Waals surface area contributed by atoms with E-state index in [0.29, 0.717) is 19.3 Å². The largest absolute Gasteiger partial charge is 0.382 e. The zero-order valence-corrected chi connectivity index (χ0v) is 12.3. The molecule has 0 fully saturated rings. The Bertz CT molecular complexity index is 384. The number of benzene rings is 1. The van der Waals surface area contributed by atoms with Crippen molar-refractivity contribution in [1.82, 2.24) is 5.32 Å². The second kappa shape index (κ2) is 7.24. The standard InChI is InChI=1S/C14H20BrNO2/c1-17-8-9-18-7-6-16-14-5-2-11-10-12(15)3-4-13(11)14/h3-4,10,14,16H,2,5-9H2,1H3. The predicted octanol–water partition coefficient (Wildman–Crippen LogP) is 2.69. The smallest absolute Gasteiger partial charge is 0.0700 e. The van der Waals surface area contributed by atoms with Gasteiger partial charge < -0.3 is 14.8 Å². The van der Waals surface area contributed by atoms with Crippen LogP contribution >= 0.6 is 15.9 Å². The van der Waals surface area contributed by atoms with Crippen molar-refractivity contribution < 1.29 is 9.47 Å². The Labute approximate surface area is 117 Å². The third-order valence-electron chi connectivity index (χ3n) is 3.25. The van der Waals surface area contributed by atoms with Crippen LogP contribution in [0.25, 0.3) is 0 Å². The normalized spacial score (nSPS) is 18.0. The monoisotopic (exact) mass is 313 g/mol. The number of fused-ring (bicyclic) bond motifs is 1. The van der Waals surface area contributed by atoms with Crippen LogP contribution in [0.5, 0.6) is 0 Å². The summed E-state index contributed by atoms with van der Waals surface area (Å²) in [5.74, 6) is 0. The van der Waals surface area contributed by atoms with Crippen LogP contribution in [-0.4, -0.2) is 33.5 Å². The summed E-state index contributed by atoms with van der Waals surface area (Å²) in [5, 5.41) is 3.55. The molecule has 0 amide bonds. The van der Waals surface area contributed by atoms with Gasteiger partial charge in [0.15, 0.2) is 0 Å². The Morgan fingerprint density at radius 3 is 3.06 bits per heavy atom. The Morgan fingerprint density at radius 2 is 2.22 bits per heavy atom. The molecular weight excluding hydrogens is 294 g/mol. The number of aryl methyl sites for hydroxylation is 1. The molecule has 1 atom stereocenters. The maximum Gasteiger partial charge on any atom is 0.0700 e. The number of halogens is 1. The second-order valence-electron chi connectivity index (χ2n) is 4.49. The molecule has 0 bridgehead atoms. The number of methoxy groups -OCH3 is 1. The van der Waals surface area contributed by atoms with Gasteiger partial charge in [-0.2, -0.15) is 0 Å². The minimum atomic E-state index is 0.485. The second-order valence-corrected chi connectivity index (χ2v) is 5.41. The molecule has 1 aromatic carbocycles. The van der Waals surface area contributed by atoms with Crippen LogP contribution in [0, 0.1) is 0 Å². The third-order valence-corrected chi connectivity index (χ3v) is 3.74. The van der Waals surface area contributed by atoms with Crippen LogP contribution in [0.3, 0.4) is 0 Å². The molecule has 0 saturated carbocycles. The fourth-order valence-electron chi connectivity index (χ4n) is 2.35. The van der Waals surface area contributed by atoms with E-state index in [9.17, 15) is 0 Å². The van der Waals surface area contributed by atoms with E-state index in [4.69, 9.17) is 9.47 Å². The third kappa shape index (κ3) is 3.79. The molecule has 0 radical (unpaired) electrons. The van der Waals surface area contributed by atoms with Crippen molar-refractivity contribution >= 4 is 15.9 Å². The van der Waals surface area contributed by atoms with E-state index in [2.05, 4.69) is 39.4 Å². The summed E-state index contributed by atoms with van der Waals surface area (Å²) in [6.07, 6.45) is 2.35. The van der Waals surface area contributed by atoms with Gasteiger partial charge >= 0.3 is 0 Å². The topological polar surface area (TPSA) is 30.5 Å². The summed E-state index contributed by atoms with van der Waals surface area (Å²) < 4.78 is 11.5. The Morgan fingerprint density at radius 1 is 1.33 bits per heavy atom. The number of nitrogens with one attached hydrogen (secondary N) is 1. The van der Waals surface area contributed by atoms with E-state index in [0.717, 1.165) is 19.6 Å². The van der Waals surface area contributed by atoms with Crippen molar-refractivity contribution in [3.63, 3.8) is 0 Å². The fourth-order valence-corrected chi connectivity index (χ4v) is 2.76. The van der Waals surface area contributed by atoms with Gasteiger partial charge in [-0.15, -0.1) is 0 Å². The van der Waals surface area contributed by atoms with Gasteiger partial charge in [-0.3, -0.25) is 0 Å². The van der Waals surface area contributed by atoms with Crippen LogP contribution < -0.4 is 5.32 Å². The highest BCUT2D eigenvalue weighted by atomic mass is 79.9. The lowest BCUT2D eigenvalue weighted by Crippen LogP contribution is -2.24. The first-order valence-corrected chi connectivity index (χ1v) is 7.19. The number of hydrogen-bond acceptors (Lipinski definition) is 3. The van der Waals surface area contributed by atoms with Gasteiger partial charge in [-0.05, 0) is 36.1 Å². The number of rotatable bonds is 7. The maximum atomic E-state index is 5.45. The van der Waals surface area contributed by atoms with Gasteiger partial charge in [0.2, 0.25) is 0 Å².